The second-order valence-electron chi connectivity index (χ2n) is 5.44. The number of hydrogen-bond donors (Lipinski definition) is 1. The van der Waals surface area contributed by atoms with Crippen molar-refractivity contribution in [3.05, 3.63) is 40.3 Å². The van der Waals surface area contributed by atoms with E-state index in [2.05, 4.69) is 20.8 Å². The number of aromatic hydroxyl groups is 1. The van der Waals surface area contributed by atoms with Crippen LogP contribution in [0.15, 0.2) is 29.2 Å². The zero-order chi connectivity index (χ0) is 12.8. The van der Waals surface area contributed by atoms with Gasteiger partial charge >= 0.3 is 0 Å². The van der Waals surface area contributed by atoms with Crippen molar-refractivity contribution in [2.75, 3.05) is 0 Å². The van der Waals surface area contributed by atoms with Crippen LogP contribution in [0.3, 0.4) is 0 Å². The lowest BCUT2D eigenvalue weighted by Gasteiger charge is -2.22. The van der Waals surface area contributed by atoms with E-state index in [0.29, 0.717) is 5.39 Å². The van der Waals surface area contributed by atoms with E-state index in [9.17, 15) is 9.90 Å². The first kappa shape index (κ1) is 11.7. The average Bonchev–Trinajstić information content (AvgIpc) is 2.22. The molecule has 0 saturated heterocycles. The van der Waals surface area contributed by atoms with E-state index in [1.165, 1.54) is 6.07 Å². The van der Waals surface area contributed by atoms with Gasteiger partial charge in [0.2, 0.25) is 0 Å². The molecule has 3 nitrogen and oxygen atoms in total. The fourth-order valence-corrected chi connectivity index (χ4v) is 2.05. The average molecular weight is 231 g/mol. The smallest absolute Gasteiger partial charge is 0.258 e. The van der Waals surface area contributed by atoms with Crippen molar-refractivity contribution < 1.29 is 5.11 Å². The highest BCUT2D eigenvalue weighted by molar-refractivity contribution is 5.86. The first-order chi connectivity index (χ1) is 7.80. The van der Waals surface area contributed by atoms with Crippen LogP contribution in [-0.4, -0.2) is 9.67 Å². The van der Waals surface area contributed by atoms with Gasteiger partial charge in [-0.2, -0.15) is 0 Å². The molecule has 1 aromatic carbocycles. The van der Waals surface area contributed by atoms with Crippen molar-refractivity contribution in [1.82, 2.24) is 4.57 Å². The number of phenolic OH excluding ortho intramolecular Hbond substituents is 1. The number of fused-ring (bicyclic) bond motifs is 1. The van der Waals surface area contributed by atoms with Crippen LogP contribution in [0, 0.1) is 0 Å². The van der Waals surface area contributed by atoms with Crippen molar-refractivity contribution in [2.45, 2.75) is 26.2 Å². The molecule has 0 aliphatic rings. The molecule has 0 bridgehead atoms. The fourth-order valence-electron chi connectivity index (χ4n) is 2.05. The Morgan fingerprint density at radius 3 is 2.41 bits per heavy atom. The van der Waals surface area contributed by atoms with Crippen LogP contribution < -0.4 is 5.56 Å². The van der Waals surface area contributed by atoms with Crippen LogP contribution in [0.1, 0.15) is 26.3 Å². The second-order valence-corrected chi connectivity index (χ2v) is 5.44. The lowest BCUT2D eigenvalue weighted by molar-refractivity contribution is 0.476. The molecule has 0 unspecified atom stereocenters. The van der Waals surface area contributed by atoms with E-state index in [0.717, 1.165) is 10.9 Å². The van der Waals surface area contributed by atoms with Gasteiger partial charge in [0.15, 0.2) is 0 Å². The summed E-state index contributed by atoms with van der Waals surface area (Å²) in [5.41, 5.74) is 0.985. The number of pyridine rings is 1. The van der Waals surface area contributed by atoms with Crippen molar-refractivity contribution in [1.29, 1.82) is 0 Å². The molecular weight excluding hydrogens is 214 g/mol. The molecule has 0 aliphatic carbocycles. The van der Waals surface area contributed by atoms with Gasteiger partial charge in [0.1, 0.15) is 5.75 Å². The molecule has 90 valence electrons. The highest BCUT2D eigenvalue weighted by Crippen LogP contribution is 2.29. The third-order valence-electron chi connectivity index (χ3n) is 2.97. The Labute approximate surface area is 100 Å². The van der Waals surface area contributed by atoms with Gasteiger partial charge in [-0.05, 0) is 28.5 Å². The van der Waals surface area contributed by atoms with Gasteiger partial charge in [-0.15, -0.1) is 0 Å². The first-order valence-electron chi connectivity index (χ1n) is 5.63. The zero-order valence-electron chi connectivity index (χ0n) is 10.6. The summed E-state index contributed by atoms with van der Waals surface area (Å²) in [4.78, 5) is 12.0. The van der Waals surface area contributed by atoms with Gasteiger partial charge < -0.3 is 9.67 Å². The normalized spacial score (nSPS) is 12.0. The molecule has 0 aliphatic heterocycles. The van der Waals surface area contributed by atoms with Crippen LogP contribution in [0.25, 0.3) is 10.8 Å². The summed E-state index contributed by atoms with van der Waals surface area (Å²) in [6, 6.07) is 4.97. The molecule has 0 saturated carbocycles. The van der Waals surface area contributed by atoms with Crippen molar-refractivity contribution >= 4 is 10.8 Å². The van der Waals surface area contributed by atoms with Gasteiger partial charge in [-0.1, -0.05) is 26.8 Å². The molecule has 0 fully saturated rings. The van der Waals surface area contributed by atoms with E-state index in [4.69, 9.17) is 0 Å². The second kappa shape index (κ2) is 3.62. The Morgan fingerprint density at radius 1 is 1.18 bits per heavy atom. The Balaban J connectivity index is 2.97. The quantitative estimate of drug-likeness (QED) is 0.757. The van der Waals surface area contributed by atoms with Crippen LogP contribution >= 0.6 is 0 Å². The molecule has 2 aromatic rings. The Kier molecular flexibility index (Phi) is 2.49. The van der Waals surface area contributed by atoms with Crippen LogP contribution in [-0.2, 0) is 12.5 Å². The molecule has 3 heteroatoms. The van der Waals surface area contributed by atoms with Crippen molar-refractivity contribution in [3.63, 3.8) is 0 Å². The molecule has 0 atom stereocenters. The van der Waals surface area contributed by atoms with Crippen molar-refractivity contribution in [2.24, 2.45) is 7.05 Å². The van der Waals surface area contributed by atoms with E-state index >= 15 is 0 Å². The SMILES string of the molecule is Cn1cc(C(C)(C)C)c2ccc(O)cc2c1=O. The molecule has 17 heavy (non-hydrogen) atoms. The lowest BCUT2D eigenvalue weighted by atomic mass is 9.85. The summed E-state index contributed by atoms with van der Waals surface area (Å²) in [7, 11) is 1.74. The van der Waals surface area contributed by atoms with Gasteiger partial charge in [0.05, 0.1) is 5.39 Å². The maximum Gasteiger partial charge on any atom is 0.258 e. The van der Waals surface area contributed by atoms with Gasteiger partial charge in [0, 0.05) is 13.2 Å². The van der Waals surface area contributed by atoms with Gasteiger partial charge in [-0.3, -0.25) is 4.79 Å². The van der Waals surface area contributed by atoms with Crippen LogP contribution in [0.4, 0.5) is 0 Å². The third kappa shape index (κ3) is 1.93. The number of rotatable bonds is 0. The molecule has 0 spiro atoms. The first-order valence-corrected chi connectivity index (χ1v) is 5.63. The number of benzene rings is 1. The highest BCUT2D eigenvalue weighted by atomic mass is 16.3. The molecule has 2 rings (SSSR count). The fraction of sp³-hybridized carbons (Fsp3) is 0.357. The summed E-state index contributed by atoms with van der Waals surface area (Å²) in [5, 5.41) is 11.0. The number of aromatic nitrogens is 1. The molecule has 1 N–H and O–H groups in total. The van der Waals surface area contributed by atoms with E-state index < -0.39 is 0 Å². The monoisotopic (exact) mass is 231 g/mol. The maximum atomic E-state index is 12.0. The molecular formula is C14H17NO2. The van der Waals surface area contributed by atoms with E-state index in [-0.39, 0.29) is 16.7 Å². The summed E-state index contributed by atoms with van der Waals surface area (Å²) in [5.74, 6) is 0.126. The van der Waals surface area contributed by atoms with Crippen LogP contribution in [0.5, 0.6) is 5.75 Å². The predicted octanol–water partition coefficient (Wildman–Crippen LogP) is 2.54. The van der Waals surface area contributed by atoms with Gasteiger partial charge in [-0.25, -0.2) is 0 Å². The maximum absolute atomic E-state index is 12.0. The predicted molar refractivity (Wildman–Crippen MR) is 69.6 cm³/mol. The summed E-state index contributed by atoms with van der Waals surface area (Å²) in [6.45, 7) is 6.33. The Hall–Kier alpha value is -1.77. The van der Waals surface area contributed by atoms with Gasteiger partial charge in [0.25, 0.3) is 5.56 Å². The number of aryl methyl sites for hydroxylation is 1. The molecule has 0 amide bonds. The number of phenols is 1. The topological polar surface area (TPSA) is 42.2 Å². The standard InChI is InChI=1S/C14H17NO2/c1-14(2,3)12-8-15(4)13(17)11-7-9(16)5-6-10(11)12/h5-8,16H,1-4H3. The molecule has 0 radical (unpaired) electrons. The minimum Gasteiger partial charge on any atom is -0.508 e. The largest absolute Gasteiger partial charge is 0.508 e. The lowest BCUT2D eigenvalue weighted by Crippen LogP contribution is -2.22. The summed E-state index contributed by atoms with van der Waals surface area (Å²) < 4.78 is 1.57. The summed E-state index contributed by atoms with van der Waals surface area (Å²) in [6.07, 6.45) is 1.88. The Bertz CT molecular complexity index is 633. The van der Waals surface area contributed by atoms with E-state index in [1.54, 1.807) is 17.7 Å². The minimum absolute atomic E-state index is 0.0410. The third-order valence-corrected chi connectivity index (χ3v) is 2.97. The van der Waals surface area contributed by atoms with Crippen LogP contribution in [0.2, 0.25) is 0 Å². The van der Waals surface area contributed by atoms with E-state index in [1.807, 2.05) is 12.3 Å². The zero-order valence-corrected chi connectivity index (χ0v) is 10.6. The minimum atomic E-state index is -0.0797. The number of hydrogen-bond acceptors (Lipinski definition) is 2. The molecule has 1 heterocycles. The Morgan fingerprint density at radius 2 is 1.82 bits per heavy atom. The van der Waals surface area contributed by atoms with Crippen molar-refractivity contribution in [3.8, 4) is 5.75 Å². The summed E-state index contributed by atoms with van der Waals surface area (Å²) >= 11 is 0. The molecule has 1 aromatic heterocycles. The highest BCUT2D eigenvalue weighted by Gasteiger charge is 2.19. The number of nitrogens with zero attached hydrogens (tertiary/aromatic N) is 1.